The monoisotopic (exact) mass is 191 g/mol. The summed E-state index contributed by atoms with van der Waals surface area (Å²) in [6.07, 6.45) is 0. The van der Waals surface area contributed by atoms with Gasteiger partial charge in [0.05, 0.1) is 0 Å². The number of benzene rings is 1. The second-order valence-electron chi connectivity index (χ2n) is 2.27. The summed E-state index contributed by atoms with van der Waals surface area (Å²) < 4.78 is 21.5. The quantitative estimate of drug-likeness (QED) is 0.620. The van der Waals surface area contributed by atoms with Crippen LogP contribution in [-0.4, -0.2) is 8.42 Å². The van der Waals surface area contributed by atoms with Gasteiger partial charge in [0.15, 0.2) is 0 Å². The molecule has 0 radical (unpaired) electrons. The fourth-order valence-electron chi connectivity index (χ4n) is 0.705. The molecule has 0 saturated carbocycles. The van der Waals surface area contributed by atoms with E-state index in [1.54, 1.807) is 12.1 Å². The Labute approximate surface area is 70.2 Å². The number of rotatable bonds is 1. The van der Waals surface area contributed by atoms with E-state index in [0.29, 0.717) is 0 Å². The molecule has 0 unspecified atom stereocenters. The molecule has 0 heterocycles. The van der Waals surface area contributed by atoms with E-state index in [-0.39, 0.29) is 4.90 Å². The molecule has 0 spiro atoms. The fraction of sp³-hybridized carbons (Fsp3) is 0.143. The molecule has 0 aliphatic heterocycles. The lowest BCUT2D eigenvalue weighted by Gasteiger charge is -1.90. The Morgan fingerprint density at radius 3 is 2.00 bits per heavy atom. The summed E-state index contributed by atoms with van der Waals surface area (Å²) in [7, 11) is 0.831. The van der Waals surface area contributed by atoms with Gasteiger partial charge in [-0.05, 0) is 19.1 Å². The molecule has 0 saturated heterocycles. The third-order valence-electron chi connectivity index (χ3n) is 1.31. The van der Waals surface area contributed by atoms with E-state index in [2.05, 4.69) is 10.7 Å². The maximum absolute atomic E-state index is 10.8. The van der Waals surface area contributed by atoms with E-state index >= 15 is 0 Å². The molecule has 0 amide bonds. The molecule has 1 aromatic carbocycles. The lowest BCUT2D eigenvalue weighted by molar-refractivity contribution is -0.164. The molecule has 1 aromatic rings. The molecule has 0 aliphatic rings. The van der Waals surface area contributed by atoms with Crippen LogP contribution in [0.5, 0.6) is 0 Å². The summed E-state index contributed by atoms with van der Waals surface area (Å²) in [5.41, 5.74) is 1.02. The summed E-state index contributed by atoms with van der Waals surface area (Å²) in [6.45, 7) is 1.89. The Morgan fingerprint density at radius 1 is 1.18 bits per heavy atom. The SMILES string of the molecule is Cc1ccc(S(=O)(=O)[ClH+])cc1. The van der Waals surface area contributed by atoms with Gasteiger partial charge in [0.2, 0.25) is 0 Å². The van der Waals surface area contributed by atoms with Crippen molar-refractivity contribution in [3.8, 4) is 0 Å². The van der Waals surface area contributed by atoms with Gasteiger partial charge in [0.1, 0.15) is 4.90 Å². The minimum Gasteiger partial charge on any atom is -0.163 e. The number of aryl methyl sites for hydroxylation is 1. The first-order chi connectivity index (χ1) is 5.00. The molecule has 0 fully saturated rings. The molecule has 1 rings (SSSR count). The van der Waals surface area contributed by atoms with Crippen LogP contribution in [0.15, 0.2) is 29.2 Å². The molecule has 2 nitrogen and oxygen atoms in total. The molecule has 0 N–H and O–H groups in total. The van der Waals surface area contributed by atoms with E-state index in [1.165, 1.54) is 12.1 Å². The van der Waals surface area contributed by atoms with Gasteiger partial charge in [-0.15, -0.1) is 0 Å². The molecule has 0 bridgehead atoms. The highest BCUT2D eigenvalue weighted by Crippen LogP contribution is 2.09. The van der Waals surface area contributed by atoms with Crippen molar-refractivity contribution in [3.05, 3.63) is 29.8 Å². The van der Waals surface area contributed by atoms with E-state index in [4.69, 9.17) is 0 Å². The standard InChI is InChI=1S/C7H8ClO2S/c1-6-2-4-7(5-3-6)11(8,9)10/h2-5,8H,1H3/q+1. The second-order valence-corrected chi connectivity index (χ2v) is 4.96. The number of halogens is 1. The van der Waals surface area contributed by atoms with E-state index in [1.807, 2.05) is 6.92 Å². The first kappa shape index (κ1) is 8.56. The summed E-state index contributed by atoms with van der Waals surface area (Å²) >= 11 is 0. The lowest BCUT2D eigenvalue weighted by Crippen LogP contribution is -1.93. The highest BCUT2D eigenvalue weighted by Gasteiger charge is 2.16. The fourth-order valence-corrected chi connectivity index (χ4v) is 1.51. The van der Waals surface area contributed by atoms with Gasteiger partial charge >= 0.3 is 9.05 Å². The van der Waals surface area contributed by atoms with Gasteiger partial charge < -0.3 is 0 Å². The number of hydrogen-bond donors (Lipinski definition) is 0. The average molecular weight is 192 g/mol. The molecule has 0 aromatic heterocycles. The van der Waals surface area contributed by atoms with Crippen molar-refractivity contribution >= 4 is 9.05 Å². The molecule has 0 aliphatic carbocycles. The van der Waals surface area contributed by atoms with Gasteiger partial charge in [-0.25, -0.2) is 0 Å². The Kier molecular flexibility index (Phi) is 2.20. The van der Waals surface area contributed by atoms with Gasteiger partial charge in [0.25, 0.3) is 10.7 Å². The van der Waals surface area contributed by atoms with Crippen LogP contribution in [0.4, 0.5) is 0 Å². The van der Waals surface area contributed by atoms with Gasteiger partial charge in [-0.2, -0.15) is 8.42 Å². The Balaban J connectivity index is 3.20. The van der Waals surface area contributed by atoms with Crippen LogP contribution in [0.25, 0.3) is 0 Å². The molecule has 0 atom stereocenters. The highest BCUT2D eigenvalue weighted by molar-refractivity contribution is 7.84. The van der Waals surface area contributed by atoms with Crippen molar-refractivity contribution in [1.82, 2.24) is 0 Å². The van der Waals surface area contributed by atoms with Gasteiger partial charge in [0, 0.05) is 0 Å². The van der Waals surface area contributed by atoms with Crippen LogP contribution in [0.1, 0.15) is 5.56 Å². The molecule has 60 valence electrons. The van der Waals surface area contributed by atoms with Gasteiger partial charge in [-0.1, -0.05) is 17.7 Å². The maximum atomic E-state index is 10.8. The Morgan fingerprint density at radius 2 is 1.64 bits per heavy atom. The van der Waals surface area contributed by atoms with E-state index < -0.39 is 9.05 Å². The van der Waals surface area contributed by atoms with Crippen molar-refractivity contribution in [2.75, 3.05) is 0 Å². The third-order valence-corrected chi connectivity index (χ3v) is 2.74. The summed E-state index contributed by atoms with van der Waals surface area (Å²) in [4.78, 5) is 0.193. The zero-order valence-electron chi connectivity index (χ0n) is 5.94. The topological polar surface area (TPSA) is 34.1 Å². The minimum atomic E-state index is -3.44. The summed E-state index contributed by atoms with van der Waals surface area (Å²) in [5, 5.41) is 0. The molecule has 4 heteroatoms. The van der Waals surface area contributed by atoms with Crippen molar-refractivity contribution in [2.24, 2.45) is 0 Å². The van der Waals surface area contributed by atoms with Crippen LogP contribution in [0.3, 0.4) is 0 Å². The highest BCUT2D eigenvalue weighted by atomic mass is 35.7. The Hall–Kier alpha value is -0.540. The first-order valence-electron chi connectivity index (χ1n) is 3.03. The van der Waals surface area contributed by atoms with Crippen LogP contribution < -0.4 is 0 Å². The van der Waals surface area contributed by atoms with Crippen molar-refractivity contribution in [1.29, 1.82) is 0 Å². The van der Waals surface area contributed by atoms with E-state index in [0.717, 1.165) is 5.56 Å². The zero-order valence-corrected chi connectivity index (χ0v) is 7.58. The van der Waals surface area contributed by atoms with Crippen LogP contribution in [-0.2, 0) is 9.05 Å². The van der Waals surface area contributed by atoms with E-state index in [9.17, 15) is 8.42 Å². The van der Waals surface area contributed by atoms with Crippen LogP contribution in [0, 0.1) is 17.6 Å². The zero-order chi connectivity index (χ0) is 8.48. The summed E-state index contributed by atoms with van der Waals surface area (Å²) in [6, 6.07) is 6.47. The maximum Gasteiger partial charge on any atom is 0.409 e. The third kappa shape index (κ3) is 2.20. The predicted molar refractivity (Wildman–Crippen MR) is 39.8 cm³/mol. The molecular formula is C7H8ClO2S+. The minimum absolute atomic E-state index is 0.193. The van der Waals surface area contributed by atoms with Crippen molar-refractivity contribution in [3.63, 3.8) is 0 Å². The molecule has 11 heavy (non-hydrogen) atoms. The van der Waals surface area contributed by atoms with Gasteiger partial charge in [-0.3, -0.25) is 0 Å². The largest absolute Gasteiger partial charge is 0.409 e. The average Bonchev–Trinajstić information content (AvgIpc) is 1.86. The molecular weight excluding hydrogens is 184 g/mol. The van der Waals surface area contributed by atoms with Crippen LogP contribution >= 0.6 is 0 Å². The Bertz CT molecular complexity index is 339. The normalized spacial score (nSPS) is 11.5. The van der Waals surface area contributed by atoms with Crippen LogP contribution in [0.2, 0.25) is 0 Å². The lowest BCUT2D eigenvalue weighted by atomic mass is 10.2. The van der Waals surface area contributed by atoms with Crippen molar-refractivity contribution < 1.29 is 19.1 Å². The van der Waals surface area contributed by atoms with Crippen molar-refractivity contribution in [2.45, 2.75) is 11.8 Å². The first-order valence-corrected chi connectivity index (χ1v) is 5.43. The number of hydrogen-bond acceptors (Lipinski definition) is 2. The smallest absolute Gasteiger partial charge is 0.163 e. The summed E-state index contributed by atoms with van der Waals surface area (Å²) in [5.74, 6) is 0. The second kappa shape index (κ2) is 2.83. The predicted octanol–water partition coefficient (Wildman–Crippen LogP) is 0.965.